The number of hydrogen-bond donors (Lipinski definition) is 3. The van der Waals surface area contributed by atoms with E-state index in [1.807, 2.05) is 44.3 Å². The van der Waals surface area contributed by atoms with Crippen LogP contribution in [0.15, 0.2) is 30.3 Å². The second-order valence-corrected chi connectivity index (χ2v) is 5.96. The fraction of sp³-hybridized carbons (Fsp3) is 0.529. The van der Waals surface area contributed by atoms with Gasteiger partial charge in [-0.2, -0.15) is 0 Å². The van der Waals surface area contributed by atoms with Crippen molar-refractivity contribution in [1.29, 1.82) is 0 Å². The van der Waals surface area contributed by atoms with E-state index in [0.29, 0.717) is 12.6 Å². The van der Waals surface area contributed by atoms with Gasteiger partial charge in [0.25, 0.3) is 0 Å². The second kappa shape index (κ2) is 8.64. The molecule has 3 amide bonds. The normalized spacial score (nSPS) is 19.8. The minimum atomic E-state index is -0.451. The first kappa shape index (κ1) is 17.4. The van der Waals surface area contributed by atoms with Crippen LogP contribution in [-0.2, 0) is 11.3 Å². The van der Waals surface area contributed by atoms with Crippen LogP contribution in [0, 0.1) is 0 Å². The summed E-state index contributed by atoms with van der Waals surface area (Å²) in [6, 6.07) is 9.25. The standard InChI is InChI=1S/C17H26N4O2/c1-13(21-10-6-9-15(12-21)18-2)16(22)20-17(23)19-11-14-7-4-3-5-8-14/h3-5,7-8,13,15,18H,6,9-12H2,1-2H3,(H2,19,20,22,23). The summed E-state index contributed by atoms with van der Waals surface area (Å²) in [5.74, 6) is -0.257. The second-order valence-electron chi connectivity index (χ2n) is 5.96. The number of carbonyl (C=O) groups is 2. The average Bonchev–Trinajstić information content (AvgIpc) is 2.60. The molecule has 0 aliphatic carbocycles. The van der Waals surface area contributed by atoms with Gasteiger partial charge in [0.15, 0.2) is 0 Å². The SMILES string of the molecule is CNC1CCCN(C(C)C(=O)NC(=O)NCc2ccccc2)C1. The average molecular weight is 318 g/mol. The molecule has 1 aliphatic rings. The van der Waals surface area contributed by atoms with E-state index in [1.54, 1.807) is 0 Å². The molecular weight excluding hydrogens is 292 g/mol. The van der Waals surface area contributed by atoms with Gasteiger partial charge < -0.3 is 10.6 Å². The first-order valence-corrected chi connectivity index (χ1v) is 8.14. The quantitative estimate of drug-likeness (QED) is 0.760. The van der Waals surface area contributed by atoms with Crippen molar-refractivity contribution in [1.82, 2.24) is 20.9 Å². The number of likely N-dealkylation sites (tertiary alicyclic amines) is 1. The molecule has 6 nitrogen and oxygen atoms in total. The van der Waals surface area contributed by atoms with E-state index in [-0.39, 0.29) is 11.9 Å². The monoisotopic (exact) mass is 318 g/mol. The van der Waals surface area contributed by atoms with Crippen molar-refractivity contribution in [2.75, 3.05) is 20.1 Å². The fourth-order valence-corrected chi connectivity index (χ4v) is 2.80. The van der Waals surface area contributed by atoms with Gasteiger partial charge in [0, 0.05) is 19.1 Å². The number of benzene rings is 1. The van der Waals surface area contributed by atoms with Crippen LogP contribution < -0.4 is 16.0 Å². The molecule has 0 radical (unpaired) electrons. The van der Waals surface area contributed by atoms with E-state index in [4.69, 9.17) is 0 Å². The molecule has 2 rings (SSSR count). The van der Waals surface area contributed by atoms with Crippen LogP contribution in [0.2, 0.25) is 0 Å². The molecule has 23 heavy (non-hydrogen) atoms. The number of carbonyl (C=O) groups excluding carboxylic acids is 2. The number of amides is 3. The molecular formula is C17H26N4O2. The van der Waals surface area contributed by atoms with Crippen molar-refractivity contribution in [3.8, 4) is 0 Å². The summed E-state index contributed by atoms with van der Waals surface area (Å²) in [4.78, 5) is 26.2. The van der Waals surface area contributed by atoms with E-state index < -0.39 is 6.03 Å². The maximum atomic E-state index is 12.2. The number of rotatable bonds is 5. The van der Waals surface area contributed by atoms with Gasteiger partial charge in [0.05, 0.1) is 6.04 Å². The van der Waals surface area contributed by atoms with Gasteiger partial charge in [-0.15, -0.1) is 0 Å². The molecule has 1 heterocycles. The Morgan fingerprint density at radius 2 is 2.04 bits per heavy atom. The smallest absolute Gasteiger partial charge is 0.321 e. The lowest BCUT2D eigenvalue weighted by Crippen LogP contribution is -2.54. The first-order valence-electron chi connectivity index (χ1n) is 8.14. The highest BCUT2D eigenvalue weighted by molar-refractivity contribution is 5.96. The van der Waals surface area contributed by atoms with E-state index in [1.165, 1.54) is 0 Å². The molecule has 0 aromatic heterocycles. The number of urea groups is 1. The predicted octanol–water partition coefficient (Wildman–Crippen LogP) is 1.08. The number of imide groups is 1. The van der Waals surface area contributed by atoms with E-state index >= 15 is 0 Å². The molecule has 1 aromatic carbocycles. The van der Waals surface area contributed by atoms with Crippen LogP contribution in [0.5, 0.6) is 0 Å². The Morgan fingerprint density at radius 3 is 2.74 bits per heavy atom. The fourth-order valence-electron chi connectivity index (χ4n) is 2.80. The molecule has 0 bridgehead atoms. The minimum absolute atomic E-state index is 0.257. The lowest BCUT2D eigenvalue weighted by atomic mass is 10.0. The Balaban J connectivity index is 1.77. The zero-order chi connectivity index (χ0) is 16.7. The van der Waals surface area contributed by atoms with Crippen molar-refractivity contribution in [3.63, 3.8) is 0 Å². The van der Waals surface area contributed by atoms with Crippen molar-refractivity contribution >= 4 is 11.9 Å². The maximum Gasteiger partial charge on any atom is 0.321 e. The molecule has 2 atom stereocenters. The third-order valence-corrected chi connectivity index (χ3v) is 4.32. The van der Waals surface area contributed by atoms with Gasteiger partial charge in [-0.25, -0.2) is 4.79 Å². The van der Waals surface area contributed by atoms with E-state index in [2.05, 4.69) is 20.9 Å². The van der Waals surface area contributed by atoms with Crippen molar-refractivity contribution in [3.05, 3.63) is 35.9 Å². The van der Waals surface area contributed by atoms with Gasteiger partial charge >= 0.3 is 6.03 Å². The van der Waals surface area contributed by atoms with Gasteiger partial charge in [0.1, 0.15) is 0 Å². The molecule has 0 spiro atoms. The highest BCUT2D eigenvalue weighted by Crippen LogP contribution is 2.12. The van der Waals surface area contributed by atoms with Gasteiger partial charge in [0.2, 0.25) is 5.91 Å². The number of likely N-dealkylation sites (N-methyl/N-ethyl adjacent to an activating group) is 1. The van der Waals surface area contributed by atoms with Crippen LogP contribution in [-0.4, -0.2) is 49.1 Å². The highest BCUT2D eigenvalue weighted by Gasteiger charge is 2.27. The van der Waals surface area contributed by atoms with E-state index in [9.17, 15) is 9.59 Å². The van der Waals surface area contributed by atoms with Crippen LogP contribution in [0.3, 0.4) is 0 Å². The van der Waals surface area contributed by atoms with Crippen molar-refractivity contribution in [2.24, 2.45) is 0 Å². The van der Waals surface area contributed by atoms with E-state index in [0.717, 1.165) is 31.5 Å². The molecule has 1 saturated heterocycles. The van der Waals surface area contributed by atoms with Crippen LogP contribution in [0.1, 0.15) is 25.3 Å². The molecule has 126 valence electrons. The van der Waals surface area contributed by atoms with Crippen molar-refractivity contribution in [2.45, 2.75) is 38.4 Å². The van der Waals surface area contributed by atoms with Gasteiger partial charge in [-0.1, -0.05) is 30.3 Å². The molecule has 1 fully saturated rings. The lowest BCUT2D eigenvalue weighted by Gasteiger charge is -2.35. The zero-order valence-electron chi connectivity index (χ0n) is 13.8. The Bertz CT molecular complexity index is 521. The molecule has 2 unspecified atom stereocenters. The predicted molar refractivity (Wildman–Crippen MR) is 89.9 cm³/mol. The highest BCUT2D eigenvalue weighted by atomic mass is 16.2. The van der Waals surface area contributed by atoms with Gasteiger partial charge in [-0.05, 0) is 38.9 Å². The summed E-state index contributed by atoms with van der Waals surface area (Å²) in [5, 5.41) is 8.39. The summed E-state index contributed by atoms with van der Waals surface area (Å²) in [6.07, 6.45) is 2.18. The Hall–Kier alpha value is -1.92. The third-order valence-electron chi connectivity index (χ3n) is 4.32. The number of nitrogens with one attached hydrogen (secondary N) is 3. The lowest BCUT2D eigenvalue weighted by molar-refractivity contribution is -0.125. The topological polar surface area (TPSA) is 73.5 Å². The molecule has 1 aliphatic heterocycles. The number of nitrogens with zero attached hydrogens (tertiary/aromatic N) is 1. The Morgan fingerprint density at radius 1 is 1.30 bits per heavy atom. The van der Waals surface area contributed by atoms with Crippen LogP contribution in [0.25, 0.3) is 0 Å². The summed E-state index contributed by atoms with van der Waals surface area (Å²) in [6.45, 7) is 3.97. The Labute approximate surface area is 137 Å². The number of piperidine rings is 1. The Kier molecular flexibility index (Phi) is 6.55. The first-order chi connectivity index (χ1) is 11.1. The zero-order valence-corrected chi connectivity index (χ0v) is 13.8. The summed E-state index contributed by atoms with van der Waals surface area (Å²) >= 11 is 0. The summed E-state index contributed by atoms with van der Waals surface area (Å²) in [5.41, 5.74) is 0.996. The third kappa shape index (κ3) is 5.33. The summed E-state index contributed by atoms with van der Waals surface area (Å²) < 4.78 is 0. The van der Waals surface area contributed by atoms with Crippen LogP contribution in [0.4, 0.5) is 4.79 Å². The molecule has 6 heteroatoms. The maximum absolute atomic E-state index is 12.2. The van der Waals surface area contributed by atoms with Gasteiger partial charge in [-0.3, -0.25) is 15.0 Å². The molecule has 3 N–H and O–H groups in total. The van der Waals surface area contributed by atoms with Crippen LogP contribution >= 0.6 is 0 Å². The minimum Gasteiger partial charge on any atom is -0.334 e. The van der Waals surface area contributed by atoms with Crippen molar-refractivity contribution < 1.29 is 9.59 Å². The summed E-state index contributed by atoms with van der Waals surface area (Å²) in [7, 11) is 1.94. The molecule has 1 aromatic rings. The number of hydrogen-bond acceptors (Lipinski definition) is 4. The largest absolute Gasteiger partial charge is 0.334 e. The molecule has 0 saturated carbocycles.